The summed E-state index contributed by atoms with van der Waals surface area (Å²) in [5.41, 5.74) is 2.07. The zero-order valence-corrected chi connectivity index (χ0v) is 19.0. The van der Waals surface area contributed by atoms with Crippen molar-refractivity contribution in [3.63, 3.8) is 0 Å². The molecule has 0 unspecified atom stereocenters. The monoisotopic (exact) mass is 468 g/mol. The summed E-state index contributed by atoms with van der Waals surface area (Å²) in [7, 11) is 1.27. The van der Waals surface area contributed by atoms with E-state index in [1.54, 1.807) is 12.1 Å². The number of carbonyl (C=O) groups excluding carboxylic acids is 4. The zero-order chi connectivity index (χ0) is 24.7. The minimum Gasteiger partial charge on any atom is -0.464 e. The molecule has 9 nitrogen and oxygen atoms in total. The number of allylic oxidation sites excluding steroid dienone is 2. The Labute approximate surface area is 199 Å². The molecule has 0 aliphatic heterocycles. The van der Waals surface area contributed by atoms with Gasteiger partial charge in [0.15, 0.2) is 5.78 Å². The number of amides is 1. The molecular formula is C26H20N4O5. The van der Waals surface area contributed by atoms with Crippen LogP contribution in [-0.4, -0.2) is 45.5 Å². The molecule has 0 bridgehead atoms. The summed E-state index contributed by atoms with van der Waals surface area (Å²) < 4.78 is 4.88. The quantitative estimate of drug-likeness (QED) is 0.427. The number of methoxy groups -OCH3 is 1. The van der Waals surface area contributed by atoms with Gasteiger partial charge in [0.05, 0.1) is 29.6 Å². The number of esters is 1. The van der Waals surface area contributed by atoms with Gasteiger partial charge in [-0.1, -0.05) is 25.1 Å². The number of aromatic nitrogens is 3. The summed E-state index contributed by atoms with van der Waals surface area (Å²) >= 11 is 0. The van der Waals surface area contributed by atoms with Gasteiger partial charge in [0.1, 0.15) is 17.1 Å². The van der Waals surface area contributed by atoms with Gasteiger partial charge < -0.3 is 15.0 Å². The lowest BCUT2D eigenvalue weighted by Crippen LogP contribution is -2.31. The summed E-state index contributed by atoms with van der Waals surface area (Å²) in [6.07, 6.45) is 1.94. The lowest BCUT2D eigenvalue weighted by molar-refractivity contribution is -0.120. The van der Waals surface area contributed by atoms with Crippen molar-refractivity contribution in [1.82, 2.24) is 20.3 Å². The highest BCUT2D eigenvalue weighted by atomic mass is 16.5. The van der Waals surface area contributed by atoms with Crippen molar-refractivity contribution in [2.24, 2.45) is 0 Å². The molecule has 1 amide bonds. The molecule has 4 aromatic rings. The molecule has 0 saturated carbocycles. The van der Waals surface area contributed by atoms with Crippen LogP contribution in [0, 0.1) is 0 Å². The highest BCUT2D eigenvalue weighted by Gasteiger charge is 2.29. The normalized spacial score (nSPS) is 13.0. The Morgan fingerprint density at radius 2 is 1.83 bits per heavy atom. The molecule has 1 aliphatic carbocycles. The third-order valence-electron chi connectivity index (χ3n) is 5.78. The lowest BCUT2D eigenvalue weighted by Gasteiger charge is -2.16. The van der Waals surface area contributed by atoms with E-state index in [1.807, 2.05) is 31.2 Å². The predicted octanol–water partition coefficient (Wildman–Crippen LogP) is 3.74. The summed E-state index contributed by atoms with van der Waals surface area (Å²) in [6, 6.07) is 12.3. The van der Waals surface area contributed by atoms with Crippen molar-refractivity contribution in [2.75, 3.05) is 7.11 Å². The minimum atomic E-state index is -0.619. The molecule has 0 radical (unpaired) electrons. The standard InChI is InChI=1S/C26H20N4O5/c1-3-6-21(32)27-18-12-20(31)14-9-10-17(29-23(14)25(18)33)24-22-15(11-19(30-24)26(34)35-2)13-7-4-5-8-16(13)28-22/h4-5,7-12,28H,3,6H2,1-2H3,(H,27,32). The van der Waals surface area contributed by atoms with Crippen molar-refractivity contribution in [2.45, 2.75) is 19.8 Å². The number of pyridine rings is 2. The molecule has 0 saturated heterocycles. The van der Waals surface area contributed by atoms with E-state index in [4.69, 9.17) is 4.74 Å². The average molecular weight is 468 g/mol. The first-order valence-corrected chi connectivity index (χ1v) is 11.0. The van der Waals surface area contributed by atoms with Crippen LogP contribution < -0.4 is 5.32 Å². The van der Waals surface area contributed by atoms with Gasteiger partial charge in [0, 0.05) is 28.8 Å². The molecule has 0 fully saturated rings. The summed E-state index contributed by atoms with van der Waals surface area (Å²) in [4.78, 5) is 62.4. The van der Waals surface area contributed by atoms with Crippen molar-refractivity contribution >= 4 is 45.2 Å². The Bertz CT molecular complexity index is 1600. The number of ketones is 2. The minimum absolute atomic E-state index is 0.0779. The van der Waals surface area contributed by atoms with Gasteiger partial charge in [-0.3, -0.25) is 14.4 Å². The van der Waals surface area contributed by atoms with Gasteiger partial charge >= 0.3 is 5.97 Å². The Kier molecular flexibility index (Phi) is 5.44. The Morgan fingerprint density at radius 3 is 2.60 bits per heavy atom. The summed E-state index contributed by atoms with van der Waals surface area (Å²) in [6.45, 7) is 1.84. The molecule has 2 N–H and O–H groups in total. The van der Waals surface area contributed by atoms with Crippen LogP contribution in [0.15, 0.2) is 54.2 Å². The number of Topliss-reactive ketones (excluding diaryl/α,β-unsaturated/α-hetero) is 1. The van der Waals surface area contributed by atoms with Gasteiger partial charge in [0.2, 0.25) is 11.7 Å². The number of rotatable bonds is 5. The van der Waals surface area contributed by atoms with E-state index < -0.39 is 17.5 Å². The molecule has 9 heteroatoms. The van der Waals surface area contributed by atoms with Crippen LogP contribution in [0.25, 0.3) is 33.2 Å². The van der Waals surface area contributed by atoms with Gasteiger partial charge in [-0.15, -0.1) is 0 Å². The number of fused-ring (bicyclic) bond motifs is 4. The fraction of sp³-hybridized carbons (Fsp3) is 0.154. The molecule has 1 aromatic carbocycles. The molecule has 5 rings (SSSR count). The number of para-hydroxylation sites is 1. The maximum atomic E-state index is 13.1. The van der Waals surface area contributed by atoms with Crippen molar-refractivity contribution in [1.29, 1.82) is 0 Å². The number of hydrogen-bond donors (Lipinski definition) is 2. The Morgan fingerprint density at radius 1 is 1.03 bits per heavy atom. The van der Waals surface area contributed by atoms with E-state index in [-0.39, 0.29) is 40.7 Å². The van der Waals surface area contributed by atoms with Crippen molar-refractivity contribution < 1.29 is 23.9 Å². The molecule has 35 heavy (non-hydrogen) atoms. The first-order valence-electron chi connectivity index (χ1n) is 11.0. The number of nitrogens with zero attached hydrogens (tertiary/aromatic N) is 2. The second kappa shape index (κ2) is 8.60. The second-order valence-electron chi connectivity index (χ2n) is 8.08. The largest absolute Gasteiger partial charge is 0.464 e. The van der Waals surface area contributed by atoms with Crippen LogP contribution in [0.3, 0.4) is 0 Å². The molecule has 3 aromatic heterocycles. The van der Waals surface area contributed by atoms with Gasteiger partial charge in [-0.05, 0) is 30.7 Å². The number of hydrogen-bond acceptors (Lipinski definition) is 7. The Hall–Kier alpha value is -4.66. The fourth-order valence-corrected chi connectivity index (χ4v) is 4.14. The van der Waals surface area contributed by atoms with Crippen LogP contribution in [0.2, 0.25) is 0 Å². The van der Waals surface area contributed by atoms with E-state index in [0.717, 1.165) is 22.4 Å². The third kappa shape index (κ3) is 3.76. The molecule has 0 atom stereocenters. The van der Waals surface area contributed by atoms with Crippen LogP contribution in [0.1, 0.15) is 51.1 Å². The first-order chi connectivity index (χ1) is 16.9. The van der Waals surface area contributed by atoms with E-state index in [9.17, 15) is 19.2 Å². The van der Waals surface area contributed by atoms with E-state index in [1.165, 1.54) is 13.2 Å². The topological polar surface area (TPSA) is 131 Å². The number of nitrogens with one attached hydrogen (secondary N) is 2. The summed E-state index contributed by atoms with van der Waals surface area (Å²) in [5.74, 6) is -1.97. The molecule has 3 heterocycles. The number of benzene rings is 1. The zero-order valence-electron chi connectivity index (χ0n) is 19.0. The van der Waals surface area contributed by atoms with Crippen LogP contribution in [-0.2, 0) is 9.53 Å². The third-order valence-corrected chi connectivity index (χ3v) is 5.78. The number of H-pyrrole nitrogens is 1. The highest BCUT2D eigenvalue weighted by Crippen LogP contribution is 2.33. The van der Waals surface area contributed by atoms with Crippen LogP contribution >= 0.6 is 0 Å². The molecule has 1 aliphatic rings. The first kappa shape index (κ1) is 22.1. The smallest absolute Gasteiger partial charge is 0.356 e. The van der Waals surface area contributed by atoms with Gasteiger partial charge in [-0.25, -0.2) is 14.8 Å². The average Bonchev–Trinajstić information content (AvgIpc) is 3.24. The molecular weight excluding hydrogens is 448 g/mol. The van der Waals surface area contributed by atoms with Gasteiger partial charge in [-0.2, -0.15) is 0 Å². The van der Waals surface area contributed by atoms with Crippen molar-refractivity contribution in [3.8, 4) is 11.4 Å². The SMILES string of the molecule is CCCC(=O)NC1=CC(=O)c2ccc(-c3nc(C(=O)OC)cc4c3[nH]c3ccccc34)nc2C1=O. The second-order valence-corrected chi connectivity index (χ2v) is 8.08. The highest BCUT2D eigenvalue weighted by molar-refractivity contribution is 6.24. The van der Waals surface area contributed by atoms with E-state index >= 15 is 0 Å². The fourth-order valence-electron chi connectivity index (χ4n) is 4.14. The van der Waals surface area contributed by atoms with Crippen LogP contribution in [0.4, 0.5) is 0 Å². The van der Waals surface area contributed by atoms with E-state index in [2.05, 4.69) is 20.3 Å². The molecule has 174 valence electrons. The summed E-state index contributed by atoms with van der Waals surface area (Å²) in [5, 5.41) is 4.12. The predicted molar refractivity (Wildman–Crippen MR) is 128 cm³/mol. The maximum Gasteiger partial charge on any atom is 0.356 e. The number of carbonyl (C=O) groups is 4. The van der Waals surface area contributed by atoms with Gasteiger partial charge in [0.25, 0.3) is 0 Å². The Balaban J connectivity index is 1.67. The van der Waals surface area contributed by atoms with Crippen molar-refractivity contribution in [3.05, 3.63) is 71.2 Å². The lowest BCUT2D eigenvalue weighted by atomic mass is 9.96. The number of ether oxygens (including phenoxy) is 1. The number of aromatic amines is 1. The molecule has 0 spiro atoms. The van der Waals surface area contributed by atoms with E-state index in [0.29, 0.717) is 17.6 Å². The maximum absolute atomic E-state index is 13.1. The van der Waals surface area contributed by atoms with Crippen LogP contribution in [0.5, 0.6) is 0 Å².